The van der Waals surface area contributed by atoms with E-state index in [2.05, 4.69) is 20.6 Å². The molecule has 2 aromatic rings. The van der Waals surface area contributed by atoms with Crippen LogP contribution in [-0.4, -0.2) is 49.1 Å². The molecule has 0 amide bonds. The minimum Gasteiger partial charge on any atom is -0.369 e. The Kier molecular flexibility index (Phi) is 6.51. The summed E-state index contributed by atoms with van der Waals surface area (Å²) < 4.78 is 64.0. The van der Waals surface area contributed by atoms with Crippen molar-refractivity contribution >= 4 is 27.5 Å². The normalized spacial score (nSPS) is 14.7. The molecule has 3 rings (SSSR count). The van der Waals surface area contributed by atoms with Crippen molar-refractivity contribution in [2.45, 2.75) is 31.4 Å². The molecule has 1 aliphatic rings. The lowest BCUT2D eigenvalue weighted by Gasteiger charge is -2.17. The van der Waals surface area contributed by atoms with Crippen molar-refractivity contribution < 1.29 is 21.6 Å². The number of hydrogen-bond donors (Lipinski definition) is 2. The largest absolute Gasteiger partial charge is 0.421 e. The number of para-hydroxylation sites is 1. The zero-order valence-corrected chi connectivity index (χ0v) is 17.5. The highest BCUT2D eigenvalue weighted by atomic mass is 32.2. The molecule has 0 bridgehead atoms. The van der Waals surface area contributed by atoms with Crippen molar-refractivity contribution in [1.82, 2.24) is 14.3 Å². The number of sulfonamides is 1. The maximum absolute atomic E-state index is 13.4. The molecular formula is C19H24F3N5O2S. The molecule has 30 heavy (non-hydrogen) atoms. The van der Waals surface area contributed by atoms with Gasteiger partial charge in [-0.25, -0.2) is 17.7 Å². The van der Waals surface area contributed by atoms with Gasteiger partial charge in [-0.05, 0) is 36.8 Å². The number of halogens is 3. The lowest BCUT2D eigenvalue weighted by Crippen LogP contribution is -2.28. The highest BCUT2D eigenvalue weighted by Crippen LogP contribution is 2.43. The fourth-order valence-electron chi connectivity index (χ4n) is 2.94. The molecule has 1 aromatic carbocycles. The standard InChI is InChI=1S/C19H24F3N5O2S/c1-27(30(2,28)29)11-5-10-23-17-15(19(20,21)22)12-24-18(26-17)25-16-7-4-3-6-14(16)13-8-9-13/h3-4,6-7,12-13H,5,8-11H2,1-2H3,(H2,23,24,25,26). The van der Waals surface area contributed by atoms with Crippen LogP contribution in [0.4, 0.5) is 30.6 Å². The predicted octanol–water partition coefficient (Wildman–Crippen LogP) is 3.81. The first-order valence-electron chi connectivity index (χ1n) is 9.51. The number of benzene rings is 1. The first kappa shape index (κ1) is 22.3. The summed E-state index contributed by atoms with van der Waals surface area (Å²) in [5, 5.41) is 5.69. The fourth-order valence-corrected chi connectivity index (χ4v) is 3.40. The van der Waals surface area contributed by atoms with E-state index in [0.717, 1.165) is 40.9 Å². The van der Waals surface area contributed by atoms with Gasteiger partial charge in [0.25, 0.3) is 0 Å². The molecule has 1 heterocycles. The highest BCUT2D eigenvalue weighted by molar-refractivity contribution is 7.88. The van der Waals surface area contributed by atoms with Gasteiger partial charge in [0.1, 0.15) is 11.4 Å². The molecule has 2 N–H and O–H groups in total. The molecule has 1 fully saturated rings. The van der Waals surface area contributed by atoms with Crippen molar-refractivity contribution in [1.29, 1.82) is 0 Å². The highest BCUT2D eigenvalue weighted by Gasteiger charge is 2.35. The van der Waals surface area contributed by atoms with E-state index < -0.39 is 21.8 Å². The first-order chi connectivity index (χ1) is 14.1. The lowest BCUT2D eigenvalue weighted by molar-refractivity contribution is -0.137. The maximum Gasteiger partial charge on any atom is 0.421 e. The molecule has 0 unspecified atom stereocenters. The number of rotatable bonds is 9. The summed E-state index contributed by atoms with van der Waals surface area (Å²) in [5.74, 6) is 0.172. The van der Waals surface area contributed by atoms with E-state index in [1.165, 1.54) is 7.05 Å². The second-order valence-corrected chi connectivity index (χ2v) is 9.39. The average molecular weight is 443 g/mol. The summed E-state index contributed by atoms with van der Waals surface area (Å²) in [5.41, 5.74) is 0.903. The van der Waals surface area contributed by atoms with Gasteiger partial charge in [0.15, 0.2) is 0 Å². The zero-order chi connectivity index (χ0) is 21.9. The van der Waals surface area contributed by atoms with Crippen LogP contribution in [0.3, 0.4) is 0 Å². The first-order valence-corrected chi connectivity index (χ1v) is 11.4. The summed E-state index contributed by atoms with van der Waals surface area (Å²) >= 11 is 0. The third-order valence-electron chi connectivity index (χ3n) is 4.83. The Morgan fingerprint density at radius 2 is 1.93 bits per heavy atom. The monoisotopic (exact) mass is 443 g/mol. The zero-order valence-electron chi connectivity index (χ0n) is 16.7. The number of hydrogen-bond acceptors (Lipinski definition) is 6. The third-order valence-corrected chi connectivity index (χ3v) is 6.14. The predicted molar refractivity (Wildman–Crippen MR) is 109 cm³/mol. The fraction of sp³-hybridized carbons (Fsp3) is 0.474. The van der Waals surface area contributed by atoms with Gasteiger partial charge in [-0.2, -0.15) is 18.2 Å². The van der Waals surface area contributed by atoms with Crippen molar-refractivity contribution in [3.63, 3.8) is 0 Å². The molecule has 7 nitrogen and oxygen atoms in total. The van der Waals surface area contributed by atoms with Crippen LogP contribution in [0.2, 0.25) is 0 Å². The Morgan fingerprint density at radius 3 is 2.57 bits per heavy atom. The van der Waals surface area contributed by atoms with Gasteiger partial charge in [-0.3, -0.25) is 0 Å². The smallest absolute Gasteiger partial charge is 0.369 e. The van der Waals surface area contributed by atoms with E-state index >= 15 is 0 Å². The summed E-state index contributed by atoms with van der Waals surface area (Å²) in [4.78, 5) is 7.88. The van der Waals surface area contributed by atoms with Crippen molar-refractivity contribution in [3.05, 3.63) is 41.6 Å². The Hall–Kier alpha value is -2.40. The number of aromatic nitrogens is 2. The topological polar surface area (TPSA) is 87.2 Å². The summed E-state index contributed by atoms with van der Waals surface area (Å²) in [6.07, 6.45) is -0.304. The minimum absolute atomic E-state index is 0.0619. The molecule has 0 saturated heterocycles. The molecule has 1 aromatic heterocycles. The number of nitrogens with one attached hydrogen (secondary N) is 2. The van der Waals surface area contributed by atoms with Crippen molar-refractivity contribution in [2.24, 2.45) is 0 Å². The van der Waals surface area contributed by atoms with Crippen LogP contribution in [0, 0.1) is 0 Å². The second-order valence-electron chi connectivity index (χ2n) is 7.31. The molecule has 0 radical (unpaired) electrons. The van der Waals surface area contributed by atoms with Gasteiger partial charge in [0.05, 0.1) is 6.26 Å². The van der Waals surface area contributed by atoms with Gasteiger partial charge in [-0.15, -0.1) is 0 Å². The summed E-state index contributed by atoms with van der Waals surface area (Å²) in [7, 11) is -1.92. The third kappa shape index (κ3) is 5.82. The van der Waals surface area contributed by atoms with Crippen molar-refractivity contribution in [3.8, 4) is 0 Å². The molecule has 1 aliphatic carbocycles. The molecule has 164 valence electrons. The molecule has 0 spiro atoms. The average Bonchev–Trinajstić information content (AvgIpc) is 3.49. The summed E-state index contributed by atoms with van der Waals surface area (Å²) in [6.45, 7) is 0.302. The summed E-state index contributed by atoms with van der Waals surface area (Å²) in [6, 6.07) is 7.60. The molecule has 0 aliphatic heterocycles. The lowest BCUT2D eigenvalue weighted by atomic mass is 10.1. The van der Waals surface area contributed by atoms with Crippen LogP contribution < -0.4 is 10.6 Å². The SMILES string of the molecule is CN(CCCNc1nc(Nc2ccccc2C2CC2)ncc1C(F)(F)F)S(C)(=O)=O. The van der Waals surface area contributed by atoms with E-state index in [4.69, 9.17) is 0 Å². The Balaban J connectivity index is 1.74. The number of anilines is 3. The van der Waals surface area contributed by atoms with E-state index in [0.29, 0.717) is 12.3 Å². The van der Waals surface area contributed by atoms with Gasteiger partial charge in [0.2, 0.25) is 16.0 Å². The molecular weight excluding hydrogens is 419 g/mol. The molecule has 11 heteroatoms. The Morgan fingerprint density at radius 1 is 1.23 bits per heavy atom. The van der Waals surface area contributed by atoms with Crippen LogP contribution in [0.15, 0.2) is 30.5 Å². The van der Waals surface area contributed by atoms with Crippen LogP contribution in [0.1, 0.15) is 36.3 Å². The Bertz CT molecular complexity index is 994. The minimum atomic E-state index is -4.61. The van der Waals surface area contributed by atoms with Gasteiger partial charge in [0, 0.05) is 32.0 Å². The van der Waals surface area contributed by atoms with E-state index in [1.54, 1.807) is 0 Å². The quantitative estimate of drug-likeness (QED) is 0.573. The van der Waals surface area contributed by atoms with Gasteiger partial charge < -0.3 is 10.6 Å². The van der Waals surface area contributed by atoms with Crippen LogP contribution in [-0.2, 0) is 16.2 Å². The maximum atomic E-state index is 13.4. The van der Waals surface area contributed by atoms with Crippen LogP contribution >= 0.6 is 0 Å². The van der Waals surface area contributed by atoms with E-state index in [1.807, 2.05) is 24.3 Å². The number of alkyl halides is 3. The van der Waals surface area contributed by atoms with Gasteiger partial charge in [-0.1, -0.05) is 18.2 Å². The Labute approximate surface area is 173 Å². The van der Waals surface area contributed by atoms with E-state index in [-0.39, 0.29) is 24.9 Å². The molecule has 1 saturated carbocycles. The van der Waals surface area contributed by atoms with Crippen LogP contribution in [0.5, 0.6) is 0 Å². The number of nitrogens with zero attached hydrogens (tertiary/aromatic N) is 3. The second kappa shape index (κ2) is 8.76. The van der Waals surface area contributed by atoms with Crippen molar-refractivity contribution in [2.75, 3.05) is 37.0 Å². The van der Waals surface area contributed by atoms with Gasteiger partial charge >= 0.3 is 6.18 Å². The molecule has 0 atom stereocenters. The van der Waals surface area contributed by atoms with E-state index in [9.17, 15) is 21.6 Å². The van der Waals surface area contributed by atoms with Crippen LogP contribution in [0.25, 0.3) is 0 Å².